The molecular weight excluding hydrogens is 260 g/mol. The Morgan fingerprint density at radius 3 is 2.84 bits per heavy atom. The van der Waals surface area contributed by atoms with Crippen molar-refractivity contribution in [2.75, 3.05) is 5.75 Å². The zero-order valence-corrected chi connectivity index (χ0v) is 11.9. The van der Waals surface area contributed by atoms with E-state index in [0.717, 1.165) is 24.3 Å². The Labute approximate surface area is 116 Å². The van der Waals surface area contributed by atoms with Crippen molar-refractivity contribution >= 4 is 11.8 Å². The first kappa shape index (κ1) is 12.5. The molecule has 0 saturated heterocycles. The normalized spacial score (nSPS) is 21.2. The van der Waals surface area contributed by atoms with Gasteiger partial charge in [-0.1, -0.05) is 43.8 Å². The van der Waals surface area contributed by atoms with Crippen LogP contribution < -0.4 is 4.74 Å². The van der Waals surface area contributed by atoms with Crippen molar-refractivity contribution in [3.05, 3.63) is 35.7 Å². The highest BCUT2D eigenvalue weighted by molar-refractivity contribution is 7.99. The van der Waals surface area contributed by atoms with Crippen LogP contribution in [0, 0.1) is 0 Å². The van der Waals surface area contributed by atoms with Gasteiger partial charge >= 0.3 is 0 Å². The Balaban J connectivity index is 1.93. The van der Waals surface area contributed by atoms with Gasteiger partial charge in [-0.25, -0.2) is 0 Å². The second-order valence-corrected chi connectivity index (χ2v) is 5.76. The summed E-state index contributed by atoms with van der Waals surface area (Å²) in [5, 5.41) is 8.87. The summed E-state index contributed by atoms with van der Waals surface area (Å²) in [6, 6.07) is 8.09. The number of ether oxygens (including phenoxy) is 1. The van der Waals surface area contributed by atoms with E-state index in [1.165, 1.54) is 5.56 Å². The number of hydrogen-bond acceptors (Lipinski definition) is 5. The van der Waals surface area contributed by atoms with E-state index in [1.807, 2.05) is 18.2 Å². The first-order chi connectivity index (χ1) is 9.27. The number of benzene rings is 1. The molecule has 3 rings (SSSR count). The average Bonchev–Trinajstić information content (AvgIpc) is 3.03. The van der Waals surface area contributed by atoms with Crippen molar-refractivity contribution in [1.29, 1.82) is 0 Å². The lowest BCUT2D eigenvalue weighted by Crippen LogP contribution is -2.30. The Kier molecular flexibility index (Phi) is 3.22. The summed E-state index contributed by atoms with van der Waals surface area (Å²) < 4.78 is 11.9. The zero-order valence-electron chi connectivity index (χ0n) is 11.0. The first-order valence-electron chi connectivity index (χ1n) is 6.51. The molecule has 100 valence electrons. The molecule has 1 unspecified atom stereocenters. The van der Waals surface area contributed by atoms with Gasteiger partial charge in [-0.05, 0) is 23.8 Å². The Bertz CT molecular complexity index is 557. The van der Waals surface area contributed by atoms with Gasteiger partial charge in [0.15, 0.2) is 5.60 Å². The maximum absolute atomic E-state index is 6.12. The van der Waals surface area contributed by atoms with Crippen LogP contribution in [0.2, 0.25) is 0 Å². The van der Waals surface area contributed by atoms with Crippen molar-refractivity contribution in [2.45, 2.75) is 37.5 Å². The molecule has 0 radical (unpaired) electrons. The summed E-state index contributed by atoms with van der Waals surface area (Å²) in [6.45, 7) is 4.15. The summed E-state index contributed by atoms with van der Waals surface area (Å²) in [4.78, 5) is 0. The van der Waals surface area contributed by atoms with Crippen molar-refractivity contribution in [3.63, 3.8) is 0 Å². The standard InChI is InChI=1S/C14H16N2O2S/c1-3-14(12-15-16-13(17-12)19-4-2)9-10-7-5-6-8-11(10)18-14/h5-8H,3-4,9H2,1-2H3. The number of nitrogens with zero attached hydrogens (tertiary/aromatic N) is 2. The van der Waals surface area contributed by atoms with Crippen LogP contribution in [0.4, 0.5) is 0 Å². The lowest BCUT2D eigenvalue weighted by atomic mass is 9.94. The van der Waals surface area contributed by atoms with Gasteiger partial charge in [-0.3, -0.25) is 0 Å². The average molecular weight is 276 g/mol. The highest BCUT2D eigenvalue weighted by Crippen LogP contribution is 2.43. The van der Waals surface area contributed by atoms with Gasteiger partial charge in [0.25, 0.3) is 11.1 Å². The predicted molar refractivity (Wildman–Crippen MR) is 73.4 cm³/mol. The highest BCUT2D eigenvalue weighted by Gasteiger charge is 2.44. The van der Waals surface area contributed by atoms with E-state index in [9.17, 15) is 0 Å². The monoisotopic (exact) mass is 276 g/mol. The smallest absolute Gasteiger partial charge is 0.276 e. The van der Waals surface area contributed by atoms with Crippen molar-refractivity contribution in [3.8, 4) is 5.75 Å². The van der Waals surface area contributed by atoms with E-state index < -0.39 is 5.60 Å². The van der Waals surface area contributed by atoms with Crippen LogP contribution in [-0.2, 0) is 12.0 Å². The lowest BCUT2D eigenvalue weighted by Gasteiger charge is -2.22. The summed E-state index contributed by atoms with van der Waals surface area (Å²) >= 11 is 1.55. The predicted octanol–water partition coefficient (Wildman–Crippen LogP) is 3.42. The molecule has 19 heavy (non-hydrogen) atoms. The molecule has 0 amide bonds. The van der Waals surface area contributed by atoms with Crippen molar-refractivity contribution < 1.29 is 9.15 Å². The molecule has 0 N–H and O–H groups in total. The topological polar surface area (TPSA) is 48.2 Å². The summed E-state index contributed by atoms with van der Waals surface area (Å²) in [6.07, 6.45) is 1.60. The number of aromatic nitrogens is 2. The van der Waals surface area contributed by atoms with Gasteiger partial charge in [0.2, 0.25) is 0 Å². The molecule has 1 aliphatic rings. The van der Waals surface area contributed by atoms with E-state index in [0.29, 0.717) is 11.1 Å². The molecule has 1 aromatic carbocycles. The van der Waals surface area contributed by atoms with Crippen LogP contribution in [0.1, 0.15) is 31.7 Å². The maximum atomic E-state index is 6.12. The molecule has 0 bridgehead atoms. The Morgan fingerprint density at radius 2 is 2.11 bits per heavy atom. The molecule has 0 spiro atoms. The zero-order chi connectivity index (χ0) is 13.3. The van der Waals surface area contributed by atoms with E-state index in [2.05, 4.69) is 30.1 Å². The van der Waals surface area contributed by atoms with Crippen LogP contribution in [0.5, 0.6) is 5.75 Å². The van der Waals surface area contributed by atoms with E-state index in [-0.39, 0.29) is 0 Å². The second kappa shape index (κ2) is 4.89. The molecule has 1 atom stereocenters. The number of fused-ring (bicyclic) bond motifs is 1. The third-order valence-electron chi connectivity index (χ3n) is 3.39. The van der Waals surface area contributed by atoms with Crippen LogP contribution in [0.15, 0.2) is 33.9 Å². The molecule has 4 nitrogen and oxygen atoms in total. The van der Waals surface area contributed by atoms with E-state index in [4.69, 9.17) is 9.15 Å². The fraction of sp³-hybridized carbons (Fsp3) is 0.429. The summed E-state index contributed by atoms with van der Waals surface area (Å²) in [5.74, 6) is 2.43. The Hall–Kier alpha value is -1.49. The second-order valence-electron chi connectivity index (χ2n) is 4.54. The lowest BCUT2D eigenvalue weighted by molar-refractivity contribution is 0.0532. The quantitative estimate of drug-likeness (QED) is 0.801. The van der Waals surface area contributed by atoms with Gasteiger partial charge in [0, 0.05) is 6.42 Å². The molecule has 0 fully saturated rings. The number of para-hydroxylation sites is 1. The van der Waals surface area contributed by atoms with Crippen LogP contribution in [-0.4, -0.2) is 16.0 Å². The van der Waals surface area contributed by atoms with Crippen LogP contribution in [0.3, 0.4) is 0 Å². The van der Waals surface area contributed by atoms with Crippen LogP contribution in [0.25, 0.3) is 0 Å². The summed E-state index contributed by atoms with van der Waals surface area (Å²) in [5.41, 5.74) is 0.704. The molecule has 2 aromatic rings. The molecule has 1 aliphatic heterocycles. The minimum Gasteiger partial charge on any atom is -0.477 e. The molecular formula is C14H16N2O2S. The molecule has 2 heterocycles. The third-order valence-corrected chi connectivity index (χ3v) is 4.09. The summed E-state index contributed by atoms with van der Waals surface area (Å²) in [7, 11) is 0. The SMILES string of the molecule is CCSc1nnc(C2(CC)Cc3ccccc3O2)o1. The molecule has 0 saturated carbocycles. The molecule has 5 heteroatoms. The van der Waals surface area contributed by atoms with Gasteiger partial charge in [-0.15, -0.1) is 10.2 Å². The van der Waals surface area contributed by atoms with Gasteiger partial charge in [-0.2, -0.15) is 0 Å². The fourth-order valence-corrected chi connectivity index (χ4v) is 2.83. The largest absolute Gasteiger partial charge is 0.477 e. The van der Waals surface area contributed by atoms with Crippen molar-refractivity contribution in [1.82, 2.24) is 10.2 Å². The van der Waals surface area contributed by atoms with E-state index in [1.54, 1.807) is 11.8 Å². The molecule has 1 aromatic heterocycles. The third kappa shape index (κ3) is 2.12. The number of thioether (sulfide) groups is 1. The van der Waals surface area contributed by atoms with Gasteiger partial charge < -0.3 is 9.15 Å². The molecule has 0 aliphatic carbocycles. The van der Waals surface area contributed by atoms with E-state index >= 15 is 0 Å². The van der Waals surface area contributed by atoms with Gasteiger partial charge in [0.05, 0.1) is 0 Å². The van der Waals surface area contributed by atoms with Crippen LogP contribution >= 0.6 is 11.8 Å². The minimum atomic E-state index is -0.497. The number of rotatable bonds is 4. The first-order valence-corrected chi connectivity index (χ1v) is 7.49. The minimum absolute atomic E-state index is 0.497. The fourth-order valence-electron chi connectivity index (χ4n) is 2.35. The highest BCUT2D eigenvalue weighted by atomic mass is 32.2. The van der Waals surface area contributed by atoms with Crippen molar-refractivity contribution in [2.24, 2.45) is 0 Å². The Morgan fingerprint density at radius 1 is 1.26 bits per heavy atom. The number of hydrogen-bond donors (Lipinski definition) is 0. The van der Waals surface area contributed by atoms with Gasteiger partial charge in [0.1, 0.15) is 5.75 Å². The maximum Gasteiger partial charge on any atom is 0.276 e.